The highest BCUT2D eigenvalue weighted by atomic mass is 19.4. The molecule has 3 N–H and O–H groups in total. The molecule has 0 spiro atoms. The van der Waals surface area contributed by atoms with Crippen molar-refractivity contribution in [1.82, 2.24) is 10.8 Å². The van der Waals surface area contributed by atoms with Crippen LogP contribution in [0.2, 0.25) is 0 Å². The first kappa shape index (κ1) is 19.7. The highest BCUT2D eigenvalue weighted by Crippen LogP contribution is 2.29. The Hall–Kier alpha value is -2.35. The molecule has 0 radical (unpaired) electrons. The van der Waals surface area contributed by atoms with Gasteiger partial charge in [0.25, 0.3) is 0 Å². The topological polar surface area (TPSA) is 78.4 Å². The Morgan fingerprint density at radius 1 is 1.08 bits per heavy atom. The normalized spacial score (nSPS) is 11.5. The summed E-state index contributed by atoms with van der Waals surface area (Å²) in [5.74, 6) is -0.790. The zero-order valence-electron chi connectivity index (χ0n) is 12.9. The molecule has 0 fully saturated rings. The molecule has 0 saturated heterocycles. The molecule has 5 nitrogen and oxygen atoms in total. The zero-order chi connectivity index (χ0) is 18.0. The lowest BCUT2D eigenvalue weighted by Gasteiger charge is -2.06. The van der Waals surface area contributed by atoms with Crippen molar-refractivity contribution in [2.75, 3.05) is 6.54 Å². The maximum Gasteiger partial charge on any atom is 0.416 e. The number of nitrogens with one attached hydrogen (secondary N) is 2. The molecule has 24 heavy (non-hydrogen) atoms. The van der Waals surface area contributed by atoms with Crippen LogP contribution < -0.4 is 10.8 Å². The monoisotopic (exact) mass is 344 g/mol. The lowest BCUT2D eigenvalue weighted by molar-refractivity contribution is -0.137. The minimum atomic E-state index is -4.38. The first-order chi connectivity index (χ1) is 11.3. The molecule has 0 atom stereocenters. The molecule has 0 aliphatic carbocycles. The van der Waals surface area contributed by atoms with Crippen molar-refractivity contribution in [2.24, 2.45) is 0 Å². The molecular formula is C16H19F3N2O3. The Bertz CT molecular complexity index is 569. The predicted octanol–water partition coefficient (Wildman–Crippen LogP) is 2.90. The van der Waals surface area contributed by atoms with Crippen molar-refractivity contribution in [3.8, 4) is 0 Å². The number of halogens is 3. The predicted molar refractivity (Wildman–Crippen MR) is 81.9 cm³/mol. The van der Waals surface area contributed by atoms with Gasteiger partial charge in [-0.2, -0.15) is 13.2 Å². The lowest BCUT2D eigenvalue weighted by Crippen LogP contribution is -2.22. The fourth-order valence-corrected chi connectivity index (χ4v) is 1.87. The van der Waals surface area contributed by atoms with E-state index in [1.54, 1.807) is 0 Å². The Morgan fingerprint density at radius 2 is 1.75 bits per heavy atom. The number of benzene rings is 1. The van der Waals surface area contributed by atoms with Gasteiger partial charge in [-0.15, -0.1) is 0 Å². The highest BCUT2D eigenvalue weighted by molar-refractivity contribution is 5.91. The van der Waals surface area contributed by atoms with E-state index in [1.165, 1.54) is 29.8 Å². The minimum absolute atomic E-state index is 0.221. The van der Waals surface area contributed by atoms with E-state index in [2.05, 4.69) is 5.32 Å². The molecule has 1 aromatic carbocycles. The van der Waals surface area contributed by atoms with Crippen LogP contribution in [-0.4, -0.2) is 23.6 Å². The number of carbonyl (C=O) groups excluding carboxylic acids is 2. The van der Waals surface area contributed by atoms with Crippen LogP contribution in [0.15, 0.2) is 30.3 Å². The first-order valence-corrected chi connectivity index (χ1v) is 7.39. The van der Waals surface area contributed by atoms with Crippen LogP contribution in [-0.2, 0) is 15.8 Å². The van der Waals surface area contributed by atoms with Crippen molar-refractivity contribution in [3.05, 3.63) is 41.5 Å². The SMILES string of the molecule is O=C(/C=C/c1ccc(C(F)(F)F)cc1)NCCCCCC(=O)NO. The highest BCUT2D eigenvalue weighted by Gasteiger charge is 2.29. The number of hydroxylamine groups is 1. The van der Waals surface area contributed by atoms with Gasteiger partial charge in [0.15, 0.2) is 0 Å². The standard InChI is InChI=1S/C16H19F3N2O3/c17-16(18,19)13-8-5-12(6-9-13)7-10-14(22)20-11-3-1-2-4-15(23)21-24/h5-10,24H,1-4,11H2,(H,20,22)(H,21,23)/b10-7+. The molecule has 0 bridgehead atoms. The van der Waals surface area contributed by atoms with Gasteiger partial charge < -0.3 is 5.32 Å². The van der Waals surface area contributed by atoms with E-state index in [-0.39, 0.29) is 12.3 Å². The quantitative estimate of drug-likeness (QED) is 0.294. The van der Waals surface area contributed by atoms with Crippen molar-refractivity contribution < 1.29 is 28.0 Å². The van der Waals surface area contributed by atoms with Gasteiger partial charge in [-0.3, -0.25) is 14.8 Å². The second-order valence-electron chi connectivity index (χ2n) is 5.09. The molecule has 0 heterocycles. The van der Waals surface area contributed by atoms with Crippen LogP contribution in [0.1, 0.15) is 36.8 Å². The first-order valence-electron chi connectivity index (χ1n) is 7.39. The maximum atomic E-state index is 12.4. The molecule has 0 unspecified atom stereocenters. The molecule has 0 aliphatic rings. The largest absolute Gasteiger partial charge is 0.416 e. The van der Waals surface area contributed by atoms with Gasteiger partial charge in [0.05, 0.1) is 5.56 Å². The van der Waals surface area contributed by atoms with Gasteiger partial charge in [0.2, 0.25) is 11.8 Å². The van der Waals surface area contributed by atoms with Gasteiger partial charge in [0.1, 0.15) is 0 Å². The Morgan fingerprint density at radius 3 is 2.33 bits per heavy atom. The van der Waals surface area contributed by atoms with E-state index in [9.17, 15) is 22.8 Å². The Balaban J connectivity index is 2.27. The summed E-state index contributed by atoms with van der Waals surface area (Å²) in [7, 11) is 0. The van der Waals surface area contributed by atoms with Crippen LogP contribution in [0.4, 0.5) is 13.2 Å². The minimum Gasteiger partial charge on any atom is -0.353 e. The third-order valence-electron chi connectivity index (χ3n) is 3.17. The molecule has 2 amide bonds. The number of hydrogen-bond acceptors (Lipinski definition) is 3. The molecule has 1 aromatic rings. The van der Waals surface area contributed by atoms with Crippen LogP contribution in [0.3, 0.4) is 0 Å². The third-order valence-corrected chi connectivity index (χ3v) is 3.17. The smallest absolute Gasteiger partial charge is 0.353 e. The number of hydrogen-bond donors (Lipinski definition) is 3. The molecule has 8 heteroatoms. The Kier molecular flexibility index (Phi) is 7.97. The van der Waals surface area contributed by atoms with Crippen LogP contribution in [0.5, 0.6) is 0 Å². The summed E-state index contributed by atoms with van der Waals surface area (Å²) in [6.07, 6.45) is 0.525. The van der Waals surface area contributed by atoms with E-state index in [0.29, 0.717) is 24.9 Å². The van der Waals surface area contributed by atoms with Crippen LogP contribution in [0.25, 0.3) is 6.08 Å². The summed E-state index contributed by atoms with van der Waals surface area (Å²) < 4.78 is 37.2. The average molecular weight is 344 g/mol. The summed E-state index contributed by atoms with van der Waals surface area (Å²) in [6, 6.07) is 4.50. The van der Waals surface area contributed by atoms with Crippen molar-refractivity contribution in [2.45, 2.75) is 31.9 Å². The van der Waals surface area contributed by atoms with E-state index >= 15 is 0 Å². The fourth-order valence-electron chi connectivity index (χ4n) is 1.87. The van der Waals surface area contributed by atoms with Gasteiger partial charge in [-0.1, -0.05) is 18.6 Å². The fraction of sp³-hybridized carbons (Fsp3) is 0.375. The van der Waals surface area contributed by atoms with E-state index in [4.69, 9.17) is 5.21 Å². The molecule has 0 aliphatic heterocycles. The second-order valence-corrected chi connectivity index (χ2v) is 5.09. The molecule has 1 rings (SSSR count). The average Bonchev–Trinajstić information content (AvgIpc) is 2.55. The summed E-state index contributed by atoms with van der Waals surface area (Å²) in [5, 5.41) is 10.9. The maximum absolute atomic E-state index is 12.4. The van der Waals surface area contributed by atoms with Gasteiger partial charge in [0, 0.05) is 19.0 Å². The van der Waals surface area contributed by atoms with E-state index in [0.717, 1.165) is 18.6 Å². The Labute approximate surface area is 137 Å². The van der Waals surface area contributed by atoms with Crippen molar-refractivity contribution >= 4 is 17.9 Å². The zero-order valence-corrected chi connectivity index (χ0v) is 12.9. The number of rotatable bonds is 8. The van der Waals surface area contributed by atoms with Crippen LogP contribution in [0, 0.1) is 0 Å². The van der Waals surface area contributed by atoms with Crippen LogP contribution >= 0.6 is 0 Å². The molecule has 0 aromatic heterocycles. The second kappa shape index (κ2) is 9.71. The van der Waals surface area contributed by atoms with E-state index < -0.39 is 17.6 Å². The number of unbranched alkanes of at least 4 members (excludes halogenated alkanes) is 2. The molecule has 0 saturated carbocycles. The molecular weight excluding hydrogens is 325 g/mol. The number of carbonyl (C=O) groups is 2. The number of amides is 2. The van der Waals surface area contributed by atoms with E-state index in [1.807, 2.05) is 0 Å². The summed E-state index contributed by atoms with van der Waals surface area (Å²) in [6.45, 7) is 0.428. The van der Waals surface area contributed by atoms with Crippen molar-refractivity contribution in [1.29, 1.82) is 0 Å². The molecule has 132 valence electrons. The van der Waals surface area contributed by atoms with Gasteiger partial charge in [-0.25, -0.2) is 5.48 Å². The van der Waals surface area contributed by atoms with Gasteiger partial charge in [-0.05, 0) is 36.6 Å². The lowest BCUT2D eigenvalue weighted by atomic mass is 10.1. The van der Waals surface area contributed by atoms with Crippen molar-refractivity contribution in [3.63, 3.8) is 0 Å². The third kappa shape index (κ3) is 7.77. The number of alkyl halides is 3. The summed E-state index contributed by atoms with van der Waals surface area (Å²) in [5.41, 5.74) is 1.29. The van der Waals surface area contributed by atoms with Gasteiger partial charge >= 0.3 is 6.18 Å². The summed E-state index contributed by atoms with van der Waals surface area (Å²) >= 11 is 0. The summed E-state index contributed by atoms with van der Waals surface area (Å²) in [4.78, 5) is 22.3.